The number of methoxy groups -OCH3 is 1. The molecular weight excluding hydrogens is 244 g/mol. The average Bonchev–Trinajstić information content (AvgIpc) is 2.84. The highest BCUT2D eigenvalue weighted by Gasteiger charge is 2.04. The van der Waals surface area contributed by atoms with E-state index in [1.165, 1.54) is 16.7 Å². The van der Waals surface area contributed by atoms with E-state index in [1.54, 1.807) is 7.11 Å². The van der Waals surface area contributed by atoms with Gasteiger partial charge in [0.2, 0.25) is 0 Å². The summed E-state index contributed by atoms with van der Waals surface area (Å²) >= 11 is 1.46. The van der Waals surface area contributed by atoms with E-state index < -0.39 is 0 Å². The summed E-state index contributed by atoms with van der Waals surface area (Å²) in [6.45, 7) is 0. The molecule has 0 radical (unpaired) electrons. The van der Waals surface area contributed by atoms with Crippen LogP contribution in [0.15, 0.2) is 41.8 Å². The number of nitrogens with zero attached hydrogens (tertiary/aromatic N) is 1. The number of nitrogen functional groups attached to an aromatic ring is 1. The minimum atomic E-state index is 0.597. The molecule has 0 unspecified atom stereocenters. The van der Waals surface area contributed by atoms with E-state index in [1.807, 2.05) is 23.6 Å². The number of anilines is 1. The molecule has 2 N–H and O–H groups in total. The van der Waals surface area contributed by atoms with Crippen molar-refractivity contribution in [3.63, 3.8) is 0 Å². The van der Waals surface area contributed by atoms with Gasteiger partial charge < -0.3 is 10.5 Å². The van der Waals surface area contributed by atoms with Gasteiger partial charge in [0.15, 0.2) is 5.13 Å². The van der Waals surface area contributed by atoms with Crippen LogP contribution < -0.4 is 10.5 Å². The Balaban J connectivity index is 2.11. The van der Waals surface area contributed by atoms with Crippen molar-refractivity contribution in [3.05, 3.63) is 41.8 Å². The highest BCUT2D eigenvalue weighted by Crippen LogP contribution is 2.28. The maximum atomic E-state index is 5.66. The fourth-order valence-corrected chi connectivity index (χ4v) is 2.50. The van der Waals surface area contributed by atoms with Crippen molar-refractivity contribution < 1.29 is 4.74 Å². The minimum absolute atomic E-state index is 0.597. The molecule has 1 heterocycles. The maximum Gasteiger partial charge on any atom is 0.180 e. The fourth-order valence-electron chi connectivity index (χ4n) is 1.93. The van der Waals surface area contributed by atoms with Crippen LogP contribution in [-0.4, -0.2) is 12.1 Å². The molecule has 0 fully saturated rings. The molecule has 0 saturated heterocycles. The molecule has 18 heavy (non-hydrogen) atoms. The third-order valence-electron chi connectivity index (χ3n) is 2.87. The molecule has 2 aromatic carbocycles. The van der Waals surface area contributed by atoms with Crippen LogP contribution in [-0.2, 0) is 0 Å². The van der Waals surface area contributed by atoms with Gasteiger partial charge in [-0.05, 0) is 29.0 Å². The van der Waals surface area contributed by atoms with Gasteiger partial charge in [-0.25, -0.2) is 4.98 Å². The Kier molecular flexibility index (Phi) is 2.64. The Labute approximate surface area is 109 Å². The molecule has 0 saturated carbocycles. The quantitative estimate of drug-likeness (QED) is 0.762. The number of thiazole rings is 1. The number of aromatic nitrogens is 1. The van der Waals surface area contributed by atoms with Crippen LogP contribution in [0.2, 0.25) is 0 Å². The lowest BCUT2D eigenvalue weighted by molar-refractivity contribution is 0.415. The molecule has 0 amide bonds. The van der Waals surface area contributed by atoms with Crippen molar-refractivity contribution in [2.24, 2.45) is 0 Å². The van der Waals surface area contributed by atoms with Gasteiger partial charge in [-0.15, -0.1) is 11.3 Å². The van der Waals surface area contributed by atoms with Crippen molar-refractivity contribution in [1.29, 1.82) is 0 Å². The Bertz CT molecular complexity index is 706. The van der Waals surface area contributed by atoms with Crippen LogP contribution in [0.25, 0.3) is 22.0 Å². The second-order valence-electron chi connectivity index (χ2n) is 4.00. The van der Waals surface area contributed by atoms with E-state index in [9.17, 15) is 0 Å². The third-order valence-corrected chi connectivity index (χ3v) is 3.54. The van der Waals surface area contributed by atoms with Gasteiger partial charge in [-0.1, -0.05) is 18.2 Å². The minimum Gasteiger partial charge on any atom is -0.497 e. The number of nitrogens with two attached hydrogens (primary N) is 1. The van der Waals surface area contributed by atoms with E-state index in [2.05, 4.69) is 23.2 Å². The lowest BCUT2D eigenvalue weighted by atomic mass is 10.1. The standard InChI is InChI=1S/C14H12N2OS/c1-17-12-5-4-9-6-11(3-2-10(9)7-12)13-8-18-14(15)16-13/h2-8H,1H3,(H2,15,16). The second kappa shape index (κ2) is 4.31. The molecule has 3 nitrogen and oxygen atoms in total. The van der Waals surface area contributed by atoms with E-state index in [4.69, 9.17) is 10.5 Å². The van der Waals surface area contributed by atoms with Crippen molar-refractivity contribution in [1.82, 2.24) is 4.98 Å². The van der Waals surface area contributed by atoms with Gasteiger partial charge in [0, 0.05) is 10.9 Å². The smallest absolute Gasteiger partial charge is 0.180 e. The van der Waals surface area contributed by atoms with Crippen LogP contribution in [0.4, 0.5) is 5.13 Å². The normalized spacial score (nSPS) is 10.7. The summed E-state index contributed by atoms with van der Waals surface area (Å²) in [5, 5.41) is 4.89. The molecule has 0 bridgehead atoms. The molecule has 3 aromatic rings. The van der Waals surface area contributed by atoms with Gasteiger partial charge in [0.25, 0.3) is 0 Å². The number of hydrogen-bond donors (Lipinski definition) is 1. The zero-order chi connectivity index (χ0) is 12.5. The van der Waals surface area contributed by atoms with E-state index in [0.717, 1.165) is 22.4 Å². The Morgan fingerprint density at radius 1 is 1.11 bits per heavy atom. The van der Waals surface area contributed by atoms with Crippen LogP contribution in [0, 0.1) is 0 Å². The zero-order valence-electron chi connectivity index (χ0n) is 9.88. The summed E-state index contributed by atoms with van der Waals surface area (Å²) in [6.07, 6.45) is 0. The van der Waals surface area contributed by atoms with Crippen molar-refractivity contribution in [2.75, 3.05) is 12.8 Å². The summed E-state index contributed by atoms with van der Waals surface area (Å²) < 4.78 is 5.21. The van der Waals surface area contributed by atoms with Gasteiger partial charge >= 0.3 is 0 Å². The molecule has 0 spiro atoms. The Morgan fingerprint density at radius 2 is 1.89 bits per heavy atom. The molecule has 0 atom stereocenters. The summed E-state index contributed by atoms with van der Waals surface area (Å²) in [4.78, 5) is 4.29. The van der Waals surface area contributed by atoms with E-state index in [0.29, 0.717) is 5.13 Å². The lowest BCUT2D eigenvalue weighted by Gasteiger charge is -2.04. The number of hydrogen-bond acceptors (Lipinski definition) is 4. The summed E-state index contributed by atoms with van der Waals surface area (Å²) in [5.74, 6) is 0.869. The summed E-state index contributed by atoms with van der Waals surface area (Å²) in [5.41, 5.74) is 7.67. The number of fused-ring (bicyclic) bond motifs is 1. The van der Waals surface area contributed by atoms with Crippen molar-refractivity contribution in [3.8, 4) is 17.0 Å². The first kappa shape index (κ1) is 11.0. The van der Waals surface area contributed by atoms with Crippen molar-refractivity contribution >= 4 is 27.2 Å². The Morgan fingerprint density at radius 3 is 2.61 bits per heavy atom. The SMILES string of the molecule is COc1ccc2cc(-c3csc(N)n3)ccc2c1. The van der Waals surface area contributed by atoms with E-state index in [-0.39, 0.29) is 0 Å². The third kappa shape index (κ3) is 1.91. The summed E-state index contributed by atoms with van der Waals surface area (Å²) in [7, 11) is 1.67. The van der Waals surface area contributed by atoms with Gasteiger partial charge in [0.05, 0.1) is 12.8 Å². The highest BCUT2D eigenvalue weighted by molar-refractivity contribution is 7.13. The molecular formula is C14H12N2OS. The predicted molar refractivity (Wildman–Crippen MR) is 76.0 cm³/mol. The molecule has 3 rings (SSSR count). The first-order chi connectivity index (χ1) is 8.76. The predicted octanol–water partition coefficient (Wildman–Crippen LogP) is 3.55. The largest absolute Gasteiger partial charge is 0.497 e. The topological polar surface area (TPSA) is 48.1 Å². The van der Waals surface area contributed by atoms with E-state index >= 15 is 0 Å². The zero-order valence-corrected chi connectivity index (χ0v) is 10.7. The number of benzene rings is 2. The Hall–Kier alpha value is -2.07. The fraction of sp³-hybridized carbons (Fsp3) is 0.0714. The first-order valence-corrected chi connectivity index (χ1v) is 6.43. The maximum absolute atomic E-state index is 5.66. The van der Waals surface area contributed by atoms with Crippen LogP contribution in [0.3, 0.4) is 0 Å². The number of rotatable bonds is 2. The van der Waals surface area contributed by atoms with Crippen LogP contribution in [0.5, 0.6) is 5.75 Å². The monoisotopic (exact) mass is 256 g/mol. The average molecular weight is 256 g/mol. The molecule has 1 aromatic heterocycles. The molecule has 0 aliphatic rings. The second-order valence-corrected chi connectivity index (χ2v) is 4.89. The van der Waals surface area contributed by atoms with Crippen LogP contribution >= 0.6 is 11.3 Å². The molecule has 0 aliphatic heterocycles. The number of ether oxygens (including phenoxy) is 1. The first-order valence-electron chi connectivity index (χ1n) is 5.55. The van der Waals surface area contributed by atoms with Crippen LogP contribution in [0.1, 0.15) is 0 Å². The molecule has 0 aliphatic carbocycles. The van der Waals surface area contributed by atoms with Gasteiger partial charge in [0.1, 0.15) is 5.75 Å². The molecule has 4 heteroatoms. The lowest BCUT2D eigenvalue weighted by Crippen LogP contribution is -1.84. The summed E-state index contributed by atoms with van der Waals surface area (Å²) in [6, 6.07) is 12.3. The van der Waals surface area contributed by atoms with Gasteiger partial charge in [-0.2, -0.15) is 0 Å². The highest BCUT2D eigenvalue weighted by atomic mass is 32.1. The molecule has 90 valence electrons. The van der Waals surface area contributed by atoms with Gasteiger partial charge in [-0.3, -0.25) is 0 Å². The van der Waals surface area contributed by atoms with Crippen molar-refractivity contribution in [2.45, 2.75) is 0 Å².